The number of alkyl halides is 2. The van der Waals surface area contributed by atoms with E-state index in [2.05, 4.69) is 18.6 Å². The average Bonchev–Trinajstić information content (AvgIpc) is 3.31. The molecule has 3 aliphatic rings. The molecule has 2 aromatic carbocycles. The molecule has 0 radical (unpaired) electrons. The Hall–Kier alpha value is -4.03. The van der Waals surface area contributed by atoms with E-state index >= 15 is 0 Å². The molecule has 3 aliphatic heterocycles. The lowest BCUT2D eigenvalue weighted by Gasteiger charge is -2.38. The van der Waals surface area contributed by atoms with Crippen molar-refractivity contribution in [2.45, 2.75) is 39.8 Å². The van der Waals surface area contributed by atoms with Crippen molar-refractivity contribution in [1.29, 1.82) is 0 Å². The number of allylic oxidation sites excluding steroid dienone is 1. The van der Waals surface area contributed by atoms with E-state index in [-0.39, 0.29) is 28.2 Å². The van der Waals surface area contributed by atoms with Gasteiger partial charge in [-0.25, -0.2) is 18.1 Å². The van der Waals surface area contributed by atoms with Crippen molar-refractivity contribution in [3.8, 4) is 17.2 Å². The topological polar surface area (TPSA) is 89.3 Å². The molecule has 3 aromatic rings. The monoisotopic (exact) mass is 609 g/mol. The second-order valence-electron chi connectivity index (χ2n) is 11.3. The number of rotatable bonds is 7. The molecule has 0 bridgehead atoms. The van der Waals surface area contributed by atoms with Crippen LogP contribution in [0.15, 0.2) is 76.8 Å². The normalized spacial score (nSPS) is 22.1. The molecule has 0 aliphatic carbocycles. The highest BCUT2D eigenvalue weighted by atomic mass is 32.2. The van der Waals surface area contributed by atoms with Crippen LogP contribution in [-0.4, -0.2) is 60.0 Å². The van der Waals surface area contributed by atoms with Crippen LogP contribution in [0.2, 0.25) is 0 Å². The average molecular weight is 610 g/mol. The fourth-order valence-electron chi connectivity index (χ4n) is 6.22. The second kappa shape index (κ2) is 11.2. The number of ether oxygens (including phenoxy) is 2. The summed E-state index contributed by atoms with van der Waals surface area (Å²) in [5, 5.41) is 4.81. The van der Waals surface area contributed by atoms with E-state index in [0.29, 0.717) is 36.0 Å². The van der Waals surface area contributed by atoms with E-state index in [9.17, 15) is 17.2 Å². The number of para-hydroxylation sites is 1. The van der Waals surface area contributed by atoms with Crippen LogP contribution in [0.25, 0.3) is 5.69 Å². The molecule has 4 heterocycles. The quantitative estimate of drug-likeness (QED) is 0.329. The van der Waals surface area contributed by atoms with Gasteiger partial charge in [0.1, 0.15) is 5.84 Å². The van der Waals surface area contributed by atoms with Crippen LogP contribution in [0, 0.1) is 18.8 Å². The number of benzene rings is 2. The molecular weight excluding hydrogens is 576 g/mol. The van der Waals surface area contributed by atoms with Gasteiger partial charge in [-0.1, -0.05) is 38.1 Å². The zero-order valence-corrected chi connectivity index (χ0v) is 25.1. The molecule has 3 atom stereocenters. The number of piperidine rings is 1. The summed E-state index contributed by atoms with van der Waals surface area (Å²) in [7, 11) is -2.42. The third-order valence-electron chi connectivity index (χ3n) is 7.97. The summed E-state index contributed by atoms with van der Waals surface area (Å²) in [4.78, 5) is 6.90. The Balaban J connectivity index is 1.50. The first kappa shape index (κ1) is 29.1. The number of methoxy groups -OCH3 is 1. The van der Waals surface area contributed by atoms with Crippen molar-refractivity contribution in [2.75, 3.05) is 20.2 Å². The van der Waals surface area contributed by atoms with Gasteiger partial charge in [0.2, 0.25) is 10.0 Å². The minimum absolute atomic E-state index is 0.103. The van der Waals surface area contributed by atoms with Gasteiger partial charge >= 0.3 is 6.61 Å². The molecule has 12 heteroatoms. The highest BCUT2D eigenvalue weighted by molar-refractivity contribution is 7.93. The van der Waals surface area contributed by atoms with E-state index < -0.39 is 22.7 Å². The number of aryl methyl sites for hydroxylation is 1. The van der Waals surface area contributed by atoms with E-state index in [1.807, 2.05) is 37.3 Å². The third kappa shape index (κ3) is 5.33. The lowest BCUT2D eigenvalue weighted by atomic mass is 9.94. The number of nitrogens with zero attached hydrogens (tertiary/aromatic N) is 5. The van der Waals surface area contributed by atoms with Crippen molar-refractivity contribution >= 4 is 21.7 Å². The Bertz CT molecular complexity index is 1730. The minimum atomic E-state index is -3.80. The predicted octanol–water partition coefficient (Wildman–Crippen LogP) is 5.94. The molecule has 6 rings (SSSR count). The summed E-state index contributed by atoms with van der Waals surface area (Å²) in [5.41, 5.74) is 2.91. The van der Waals surface area contributed by atoms with Crippen LogP contribution in [0.3, 0.4) is 0 Å². The highest BCUT2D eigenvalue weighted by Crippen LogP contribution is 2.46. The van der Waals surface area contributed by atoms with Crippen LogP contribution in [0.5, 0.6) is 11.5 Å². The number of fused-ring (bicyclic) bond motifs is 2. The molecule has 0 spiro atoms. The van der Waals surface area contributed by atoms with Crippen LogP contribution >= 0.6 is 0 Å². The molecule has 0 N–H and O–H groups in total. The molecule has 0 saturated carbocycles. The lowest BCUT2D eigenvalue weighted by molar-refractivity contribution is -0.0512. The lowest BCUT2D eigenvalue weighted by Crippen LogP contribution is -2.44. The van der Waals surface area contributed by atoms with Gasteiger partial charge < -0.3 is 14.4 Å². The molecule has 0 amide bonds. The Kier molecular flexibility index (Phi) is 7.59. The van der Waals surface area contributed by atoms with Crippen molar-refractivity contribution in [3.05, 3.63) is 88.6 Å². The van der Waals surface area contributed by atoms with E-state index in [4.69, 9.17) is 14.8 Å². The Morgan fingerprint density at radius 2 is 1.72 bits per heavy atom. The minimum Gasteiger partial charge on any atom is -0.493 e. The van der Waals surface area contributed by atoms with Crippen molar-refractivity contribution in [1.82, 2.24) is 19.0 Å². The summed E-state index contributed by atoms with van der Waals surface area (Å²) >= 11 is 0. The zero-order chi connectivity index (χ0) is 30.5. The van der Waals surface area contributed by atoms with Crippen LogP contribution in [0.1, 0.15) is 43.1 Å². The molecular formula is C31H33F2N5O4S. The summed E-state index contributed by atoms with van der Waals surface area (Å²) < 4.78 is 67.4. The number of sulfonamides is 1. The predicted molar refractivity (Wildman–Crippen MR) is 159 cm³/mol. The van der Waals surface area contributed by atoms with E-state index in [1.165, 1.54) is 13.2 Å². The number of hydrogen-bond donors (Lipinski definition) is 0. The second-order valence-corrected chi connectivity index (χ2v) is 13.2. The molecule has 9 nitrogen and oxygen atoms in total. The molecule has 1 saturated heterocycles. The van der Waals surface area contributed by atoms with Gasteiger partial charge in [-0.15, -0.1) is 0 Å². The van der Waals surface area contributed by atoms with Crippen LogP contribution in [-0.2, 0) is 10.0 Å². The van der Waals surface area contributed by atoms with Gasteiger partial charge in [0, 0.05) is 24.9 Å². The van der Waals surface area contributed by atoms with Gasteiger partial charge in [-0.3, -0.25) is 0 Å². The van der Waals surface area contributed by atoms with Crippen molar-refractivity contribution in [2.24, 2.45) is 16.8 Å². The fourth-order valence-corrected chi connectivity index (χ4v) is 7.91. The maximum Gasteiger partial charge on any atom is 0.387 e. The third-order valence-corrected chi connectivity index (χ3v) is 9.79. The standard InChI is InChI=1S/C31H33F2N5O4S/c1-19-14-20(2)17-36(16-19)43(39,40)24-11-13-27-34-30-28(21(3)35-38(30)23-8-6-5-7-9-23)29(37(27)18-24)22-10-12-25(42-31(32)33)26(15-22)41-4/h5-13,15,18-20,29,31H,14,16-17H2,1-4H3/t19-,20+,29-/m0/s1. The Labute approximate surface area is 249 Å². The summed E-state index contributed by atoms with van der Waals surface area (Å²) in [6.07, 6.45) is 5.88. The molecule has 0 unspecified atom stereocenters. The van der Waals surface area contributed by atoms with Gasteiger partial charge in [-0.2, -0.15) is 18.2 Å². The first-order valence-corrected chi connectivity index (χ1v) is 15.6. The number of halogens is 2. The maximum absolute atomic E-state index is 13.9. The van der Waals surface area contributed by atoms with Crippen molar-refractivity contribution in [3.63, 3.8) is 0 Å². The molecule has 226 valence electrons. The number of amidine groups is 1. The Morgan fingerprint density at radius 1 is 1.00 bits per heavy atom. The smallest absolute Gasteiger partial charge is 0.387 e. The van der Waals surface area contributed by atoms with Gasteiger partial charge in [0.25, 0.3) is 0 Å². The Morgan fingerprint density at radius 3 is 2.40 bits per heavy atom. The SMILES string of the molecule is COc1cc([C@H]2c3c(C)nn(-c4ccccc4)c3N=C3C=CC(S(=O)(=O)N4C[C@H](C)C[C@H](C)C4)=CN32)ccc1OC(F)F. The van der Waals surface area contributed by atoms with Crippen molar-refractivity contribution < 1.29 is 26.7 Å². The zero-order valence-electron chi connectivity index (χ0n) is 24.3. The summed E-state index contributed by atoms with van der Waals surface area (Å²) in [6, 6.07) is 13.7. The summed E-state index contributed by atoms with van der Waals surface area (Å²) in [5.74, 6) is 1.63. The van der Waals surface area contributed by atoms with Gasteiger partial charge in [0.15, 0.2) is 17.3 Å². The summed E-state index contributed by atoms with van der Waals surface area (Å²) in [6.45, 7) is 3.90. The first-order chi connectivity index (χ1) is 20.6. The number of aliphatic imine (C=N–C) groups is 1. The fraction of sp³-hybridized carbons (Fsp3) is 0.355. The van der Waals surface area contributed by atoms with Crippen LogP contribution in [0.4, 0.5) is 14.6 Å². The number of aromatic nitrogens is 2. The van der Waals surface area contributed by atoms with Gasteiger partial charge in [0.05, 0.1) is 29.4 Å². The number of hydrogen-bond acceptors (Lipinski definition) is 7. The van der Waals surface area contributed by atoms with E-state index in [0.717, 1.165) is 17.7 Å². The molecule has 43 heavy (non-hydrogen) atoms. The van der Waals surface area contributed by atoms with Gasteiger partial charge in [-0.05, 0) is 67.2 Å². The largest absolute Gasteiger partial charge is 0.493 e. The van der Waals surface area contributed by atoms with Crippen LogP contribution < -0.4 is 9.47 Å². The highest BCUT2D eigenvalue weighted by Gasteiger charge is 2.39. The first-order valence-electron chi connectivity index (χ1n) is 14.1. The van der Waals surface area contributed by atoms with E-state index in [1.54, 1.807) is 44.4 Å². The molecule has 1 fully saturated rings. The molecule has 1 aromatic heterocycles. The maximum atomic E-state index is 13.9.